The van der Waals surface area contributed by atoms with E-state index in [1.165, 1.54) is 6.39 Å². The minimum Gasteiger partial charge on any atom is -0.351 e. The van der Waals surface area contributed by atoms with Crippen LogP contribution in [0.1, 0.15) is 10.4 Å². The first-order valence-corrected chi connectivity index (χ1v) is 8.64. The number of amides is 1. The Morgan fingerprint density at radius 2 is 1.96 bits per heavy atom. The molecule has 0 spiro atoms. The summed E-state index contributed by atoms with van der Waals surface area (Å²) in [4.78, 5) is 16.9. The van der Waals surface area contributed by atoms with E-state index in [9.17, 15) is 9.00 Å². The van der Waals surface area contributed by atoms with Crippen molar-refractivity contribution in [2.24, 2.45) is 0 Å². The summed E-state index contributed by atoms with van der Waals surface area (Å²) in [6.07, 6.45) is 1.24. The Bertz CT molecular complexity index is 835. The molecular weight excluding hydrogens is 326 g/mol. The van der Waals surface area contributed by atoms with Crippen molar-refractivity contribution in [1.29, 1.82) is 0 Å². The molecule has 24 heavy (non-hydrogen) atoms. The summed E-state index contributed by atoms with van der Waals surface area (Å²) in [6.45, 7) is 0.326. The van der Waals surface area contributed by atoms with E-state index in [1.54, 1.807) is 24.3 Å². The Morgan fingerprint density at radius 3 is 2.71 bits per heavy atom. The zero-order chi connectivity index (χ0) is 16.8. The number of benzene rings is 2. The van der Waals surface area contributed by atoms with Crippen molar-refractivity contribution in [3.05, 3.63) is 66.6 Å². The average molecular weight is 341 g/mol. The fourth-order valence-electron chi connectivity index (χ4n) is 2.15. The van der Waals surface area contributed by atoms with Crippen molar-refractivity contribution in [2.75, 3.05) is 12.3 Å². The van der Waals surface area contributed by atoms with Gasteiger partial charge in [0.25, 0.3) is 5.91 Å². The number of hydrogen-bond acceptors (Lipinski definition) is 5. The fraction of sp³-hybridized carbons (Fsp3) is 0.118. The lowest BCUT2D eigenvalue weighted by Gasteiger charge is -2.06. The van der Waals surface area contributed by atoms with Crippen molar-refractivity contribution >= 4 is 16.7 Å². The first-order chi connectivity index (χ1) is 11.7. The van der Waals surface area contributed by atoms with Crippen LogP contribution in [-0.2, 0) is 10.8 Å². The molecule has 1 unspecified atom stereocenters. The van der Waals surface area contributed by atoms with Crippen LogP contribution in [0.25, 0.3) is 11.4 Å². The number of hydrogen-bond donors (Lipinski definition) is 1. The molecule has 0 aliphatic heterocycles. The Morgan fingerprint density at radius 1 is 1.12 bits per heavy atom. The third kappa shape index (κ3) is 3.94. The lowest BCUT2D eigenvalue weighted by molar-refractivity contribution is 0.0956. The predicted octanol–water partition coefficient (Wildman–Crippen LogP) is 2.27. The highest BCUT2D eigenvalue weighted by Crippen LogP contribution is 2.15. The molecule has 6 nitrogen and oxygen atoms in total. The molecule has 0 aliphatic rings. The summed E-state index contributed by atoms with van der Waals surface area (Å²) in [7, 11) is -1.13. The van der Waals surface area contributed by atoms with Crippen molar-refractivity contribution in [1.82, 2.24) is 15.5 Å². The summed E-state index contributed by atoms with van der Waals surface area (Å²) < 4.78 is 16.8. The molecular formula is C17H15N3O3S. The molecule has 0 saturated heterocycles. The van der Waals surface area contributed by atoms with Gasteiger partial charge >= 0.3 is 0 Å². The summed E-state index contributed by atoms with van der Waals surface area (Å²) >= 11 is 0. The maximum absolute atomic E-state index is 12.2. The number of aromatic nitrogens is 2. The number of nitrogens with zero attached hydrogens (tertiary/aromatic N) is 2. The van der Waals surface area contributed by atoms with Crippen LogP contribution in [-0.4, -0.2) is 32.6 Å². The topological polar surface area (TPSA) is 85.1 Å². The average Bonchev–Trinajstić information content (AvgIpc) is 3.17. The second kappa shape index (κ2) is 7.65. The summed E-state index contributed by atoms with van der Waals surface area (Å²) in [5, 5.41) is 6.52. The minimum atomic E-state index is -1.13. The van der Waals surface area contributed by atoms with E-state index in [0.717, 1.165) is 4.90 Å². The number of rotatable bonds is 6. The second-order valence-electron chi connectivity index (χ2n) is 4.95. The van der Waals surface area contributed by atoms with E-state index in [2.05, 4.69) is 15.5 Å². The Labute approximate surface area is 141 Å². The molecule has 0 aliphatic carbocycles. The molecule has 2 aromatic carbocycles. The summed E-state index contributed by atoms with van der Waals surface area (Å²) in [5.41, 5.74) is 1.19. The number of nitrogens with one attached hydrogen (secondary N) is 1. The quantitative estimate of drug-likeness (QED) is 0.743. The minimum absolute atomic E-state index is 0.231. The third-order valence-electron chi connectivity index (χ3n) is 3.32. The van der Waals surface area contributed by atoms with Crippen molar-refractivity contribution in [3.8, 4) is 11.4 Å². The molecule has 1 atom stereocenters. The van der Waals surface area contributed by atoms with Gasteiger partial charge in [0.15, 0.2) is 0 Å². The molecule has 0 radical (unpaired) electrons. The van der Waals surface area contributed by atoms with E-state index in [-0.39, 0.29) is 5.91 Å². The van der Waals surface area contributed by atoms with Gasteiger partial charge in [0.05, 0.1) is 10.8 Å². The van der Waals surface area contributed by atoms with Gasteiger partial charge in [-0.3, -0.25) is 9.00 Å². The third-order valence-corrected chi connectivity index (χ3v) is 4.70. The van der Waals surface area contributed by atoms with E-state index in [1.807, 2.05) is 30.3 Å². The lowest BCUT2D eigenvalue weighted by atomic mass is 10.1. The van der Waals surface area contributed by atoms with Crippen LogP contribution in [0.4, 0.5) is 0 Å². The van der Waals surface area contributed by atoms with Crippen LogP contribution in [0.15, 0.2) is 70.4 Å². The van der Waals surface area contributed by atoms with Gasteiger partial charge in [-0.25, -0.2) is 0 Å². The van der Waals surface area contributed by atoms with E-state index >= 15 is 0 Å². The molecule has 3 aromatic rings. The van der Waals surface area contributed by atoms with E-state index in [4.69, 9.17) is 4.52 Å². The predicted molar refractivity (Wildman–Crippen MR) is 89.8 cm³/mol. The first-order valence-electron chi connectivity index (χ1n) is 7.32. The van der Waals surface area contributed by atoms with Gasteiger partial charge in [-0.1, -0.05) is 35.5 Å². The highest BCUT2D eigenvalue weighted by Gasteiger charge is 2.10. The lowest BCUT2D eigenvalue weighted by Crippen LogP contribution is -2.27. The molecule has 0 saturated carbocycles. The van der Waals surface area contributed by atoms with Crippen LogP contribution in [0.3, 0.4) is 0 Å². The SMILES string of the molecule is O=C(NCCS(=O)c1ccccc1)c1cccc(-c2ncon2)c1. The maximum Gasteiger partial charge on any atom is 0.251 e. The molecule has 0 bridgehead atoms. The fourth-order valence-corrected chi connectivity index (χ4v) is 3.13. The van der Waals surface area contributed by atoms with Crippen LogP contribution in [0.5, 0.6) is 0 Å². The second-order valence-corrected chi connectivity index (χ2v) is 6.52. The van der Waals surface area contributed by atoms with Gasteiger partial charge in [-0.2, -0.15) is 4.98 Å². The van der Waals surface area contributed by atoms with Gasteiger partial charge in [-0.15, -0.1) is 0 Å². The van der Waals surface area contributed by atoms with Crippen LogP contribution in [0, 0.1) is 0 Å². The van der Waals surface area contributed by atoms with Crippen LogP contribution >= 0.6 is 0 Å². The molecule has 0 fully saturated rings. The van der Waals surface area contributed by atoms with Crippen LogP contribution in [0.2, 0.25) is 0 Å². The monoisotopic (exact) mass is 341 g/mol. The van der Waals surface area contributed by atoms with Gasteiger partial charge in [0.2, 0.25) is 12.2 Å². The highest BCUT2D eigenvalue weighted by molar-refractivity contribution is 7.85. The molecule has 7 heteroatoms. The summed E-state index contributed by atoms with van der Waals surface area (Å²) in [6, 6.07) is 16.1. The summed E-state index contributed by atoms with van der Waals surface area (Å²) in [5.74, 6) is 0.556. The maximum atomic E-state index is 12.2. The molecule has 1 amide bonds. The largest absolute Gasteiger partial charge is 0.351 e. The molecule has 3 rings (SSSR count). The van der Waals surface area contributed by atoms with Crippen LogP contribution < -0.4 is 5.32 Å². The number of carbonyl (C=O) groups is 1. The van der Waals surface area contributed by atoms with Gasteiger partial charge < -0.3 is 9.84 Å². The van der Waals surface area contributed by atoms with E-state index in [0.29, 0.717) is 29.2 Å². The normalized spacial score (nSPS) is 11.8. The van der Waals surface area contributed by atoms with E-state index < -0.39 is 10.8 Å². The Balaban J connectivity index is 1.58. The number of carbonyl (C=O) groups excluding carboxylic acids is 1. The van der Waals surface area contributed by atoms with Gasteiger partial charge in [-0.05, 0) is 24.3 Å². The van der Waals surface area contributed by atoms with Gasteiger partial charge in [0, 0.05) is 28.3 Å². The standard InChI is InChI=1S/C17H15N3O3S/c21-17(18-9-10-24(22)15-7-2-1-3-8-15)14-6-4-5-13(11-14)16-19-12-23-20-16/h1-8,11-12H,9-10H2,(H,18,21). The smallest absolute Gasteiger partial charge is 0.251 e. The molecule has 1 heterocycles. The Kier molecular flexibility index (Phi) is 5.12. The molecule has 122 valence electrons. The highest BCUT2D eigenvalue weighted by atomic mass is 32.2. The zero-order valence-electron chi connectivity index (χ0n) is 12.7. The van der Waals surface area contributed by atoms with Gasteiger partial charge in [0.1, 0.15) is 0 Å². The van der Waals surface area contributed by atoms with Crippen molar-refractivity contribution in [2.45, 2.75) is 4.90 Å². The Hall–Kier alpha value is -2.80. The molecule has 1 N–H and O–H groups in total. The first kappa shape index (κ1) is 16.1. The van der Waals surface area contributed by atoms with Crippen molar-refractivity contribution in [3.63, 3.8) is 0 Å². The molecule has 1 aromatic heterocycles. The zero-order valence-corrected chi connectivity index (χ0v) is 13.5. The van der Waals surface area contributed by atoms with Crippen molar-refractivity contribution < 1.29 is 13.5 Å².